The largest absolute Gasteiger partial charge is 0.329 e. The van der Waals surface area contributed by atoms with Gasteiger partial charge in [0.1, 0.15) is 5.82 Å². The van der Waals surface area contributed by atoms with Gasteiger partial charge in [0.2, 0.25) is 5.28 Å². The van der Waals surface area contributed by atoms with Crippen molar-refractivity contribution in [2.24, 2.45) is 5.41 Å². The number of anilines is 2. The molecule has 0 saturated heterocycles. The third kappa shape index (κ3) is 3.23. The number of nitrogens with zero attached hydrogens (tertiary/aromatic N) is 5. The summed E-state index contributed by atoms with van der Waals surface area (Å²) in [5.74, 6) is 1.33. The van der Waals surface area contributed by atoms with Gasteiger partial charge in [-0.15, -0.1) is 10.2 Å². The summed E-state index contributed by atoms with van der Waals surface area (Å²) in [4.78, 5) is 6.89. The molecule has 0 radical (unpaired) electrons. The lowest BCUT2D eigenvalue weighted by atomic mass is 9.77. The molecule has 0 amide bonds. The molecule has 6 heteroatoms. The Bertz CT molecular complexity index is 1290. The minimum Gasteiger partial charge on any atom is -0.329 e. The highest BCUT2D eigenvalue weighted by atomic mass is 35.5. The molecule has 0 bridgehead atoms. The number of para-hydroxylation sites is 1. The van der Waals surface area contributed by atoms with E-state index in [-0.39, 0.29) is 0 Å². The fourth-order valence-corrected chi connectivity index (χ4v) is 4.39. The molecule has 0 N–H and O–H groups in total. The van der Waals surface area contributed by atoms with E-state index in [2.05, 4.69) is 65.4 Å². The number of allylic oxidation sites excluding steroid dienone is 2. The average Bonchev–Trinajstić information content (AvgIpc) is 3.13. The van der Waals surface area contributed by atoms with Gasteiger partial charge in [-0.2, -0.15) is 4.98 Å². The van der Waals surface area contributed by atoms with Crippen molar-refractivity contribution in [2.45, 2.75) is 33.1 Å². The van der Waals surface area contributed by atoms with Gasteiger partial charge in [0.05, 0.1) is 5.52 Å². The number of halogens is 1. The number of benzene rings is 2. The van der Waals surface area contributed by atoms with Crippen LogP contribution in [-0.2, 0) is 0 Å². The third-order valence-corrected chi connectivity index (χ3v) is 6.34. The molecule has 2 heterocycles. The highest BCUT2D eigenvalue weighted by Crippen LogP contribution is 2.39. The molecule has 152 valence electrons. The second kappa shape index (κ2) is 7.10. The van der Waals surface area contributed by atoms with Crippen molar-refractivity contribution in [1.82, 2.24) is 19.6 Å². The predicted octanol–water partition coefficient (Wildman–Crippen LogP) is 6.29. The predicted molar refractivity (Wildman–Crippen MR) is 123 cm³/mol. The van der Waals surface area contributed by atoms with E-state index in [4.69, 9.17) is 16.6 Å². The molecule has 0 fully saturated rings. The summed E-state index contributed by atoms with van der Waals surface area (Å²) in [5, 5.41) is 9.45. The molecule has 0 atom stereocenters. The van der Waals surface area contributed by atoms with E-state index >= 15 is 0 Å². The van der Waals surface area contributed by atoms with E-state index < -0.39 is 0 Å². The van der Waals surface area contributed by atoms with Crippen LogP contribution >= 0.6 is 11.6 Å². The molecule has 0 aliphatic heterocycles. The van der Waals surface area contributed by atoms with Gasteiger partial charge in [0, 0.05) is 18.1 Å². The van der Waals surface area contributed by atoms with Gasteiger partial charge in [-0.1, -0.05) is 44.2 Å². The lowest BCUT2D eigenvalue weighted by molar-refractivity contribution is 0.335. The fourth-order valence-electron chi connectivity index (χ4n) is 4.18. The average molecular weight is 418 g/mol. The third-order valence-electron chi connectivity index (χ3n) is 6.09. The molecule has 5 rings (SSSR count). The second-order valence-electron chi connectivity index (χ2n) is 8.76. The van der Waals surface area contributed by atoms with Crippen molar-refractivity contribution < 1.29 is 0 Å². The molecule has 5 nitrogen and oxygen atoms in total. The number of hydrogen-bond donors (Lipinski definition) is 0. The van der Waals surface area contributed by atoms with Crippen LogP contribution in [0.3, 0.4) is 0 Å². The first kappa shape index (κ1) is 19.1. The van der Waals surface area contributed by atoms with E-state index in [9.17, 15) is 0 Å². The van der Waals surface area contributed by atoms with E-state index in [0.717, 1.165) is 35.2 Å². The molecule has 30 heavy (non-hydrogen) atoms. The van der Waals surface area contributed by atoms with E-state index in [1.165, 1.54) is 17.6 Å². The molecule has 1 aliphatic carbocycles. The lowest BCUT2D eigenvalue weighted by Crippen LogP contribution is -2.15. The van der Waals surface area contributed by atoms with Gasteiger partial charge in [0.25, 0.3) is 5.78 Å². The second-order valence-corrected chi connectivity index (χ2v) is 9.10. The smallest absolute Gasteiger partial charge is 0.258 e. The standard InChI is InChI=1S/C24H24ClN5/c1-24(2)13-11-16(12-14-24)17-7-6-8-18(15-17)29(3)21-19-9-4-5-10-20(19)30-22(25)27-28-23(30)26-21/h4-11,15H,12-14H2,1-3H3. The number of aromatic nitrogens is 4. The van der Waals surface area contributed by atoms with Crippen molar-refractivity contribution >= 4 is 45.4 Å². The van der Waals surface area contributed by atoms with E-state index in [1.807, 2.05) is 25.2 Å². The normalized spacial score (nSPS) is 16.1. The van der Waals surface area contributed by atoms with Crippen LogP contribution in [0.15, 0.2) is 54.6 Å². The van der Waals surface area contributed by atoms with E-state index in [1.54, 1.807) is 4.40 Å². The van der Waals surface area contributed by atoms with Crippen molar-refractivity contribution in [3.05, 3.63) is 65.5 Å². The summed E-state index contributed by atoms with van der Waals surface area (Å²) in [6, 6.07) is 16.8. The summed E-state index contributed by atoms with van der Waals surface area (Å²) in [6.07, 6.45) is 5.86. The molecule has 2 aromatic heterocycles. The summed E-state index contributed by atoms with van der Waals surface area (Å²) in [7, 11) is 2.04. The molecule has 2 aromatic carbocycles. The minimum atomic E-state index is 0.317. The van der Waals surface area contributed by atoms with Crippen LogP contribution in [0.4, 0.5) is 11.5 Å². The van der Waals surface area contributed by atoms with Gasteiger partial charge in [-0.25, -0.2) is 4.40 Å². The summed E-state index contributed by atoms with van der Waals surface area (Å²) < 4.78 is 1.78. The Hall–Kier alpha value is -2.92. The minimum absolute atomic E-state index is 0.317. The Morgan fingerprint density at radius 3 is 2.70 bits per heavy atom. The molecule has 0 spiro atoms. The molecule has 0 unspecified atom stereocenters. The zero-order chi connectivity index (χ0) is 20.9. The quantitative estimate of drug-likeness (QED) is 0.392. The monoisotopic (exact) mass is 417 g/mol. The molecule has 0 saturated carbocycles. The van der Waals surface area contributed by atoms with Crippen LogP contribution in [0.5, 0.6) is 0 Å². The van der Waals surface area contributed by atoms with E-state index in [0.29, 0.717) is 16.5 Å². The first-order valence-electron chi connectivity index (χ1n) is 10.3. The van der Waals surface area contributed by atoms with Crippen molar-refractivity contribution in [1.29, 1.82) is 0 Å². The lowest BCUT2D eigenvalue weighted by Gasteiger charge is -2.29. The highest BCUT2D eigenvalue weighted by Gasteiger charge is 2.22. The highest BCUT2D eigenvalue weighted by molar-refractivity contribution is 6.29. The van der Waals surface area contributed by atoms with Crippen LogP contribution in [0.2, 0.25) is 5.28 Å². The number of rotatable bonds is 3. The Labute approximate surface area is 181 Å². The number of fused-ring (bicyclic) bond motifs is 3. The molecular weight excluding hydrogens is 394 g/mol. The number of hydrogen-bond acceptors (Lipinski definition) is 4. The fraction of sp³-hybridized carbons (Fsp3) is 0.292. The molecule has 1 aliphatic rings. The SMILES string of the molecule is CN(c1cccc(C2=CCC(C)(C)CC2)c1)c1nc2nnc(Cl)n2c2ccccc12. The maximum Gasteiger partial charge on any atom is 0.258 e. The molecular formula is C24H24ClN5. The zero-order valence-electron chi connectivity index (χ0n) is 17.4. The van der Waals surface area contributed by atoms with Crippen molar-refractivity contribution in [2.75, 3.05) is 11.9 Å². The van der Waals surface area contributed by atoms with Crippen LogP contribution in [-0.4, -0.2) is 26.6 Å². The first-order valence-corrected chi connectivity index (χ1v) is 10.6. The van der Waals surface area contributed by atoms with Gasteiger partial charge >= 0.3 is 0 Å². The first-order chi connectivity index (χ1) is 14.4. The van der Waals surface area contributed by atoms with Gasteiger partial charge in [-0.3, -0.25) is 0 Å². The maximum atomic E-state index is 6.26. The van der Waals surface area contributed by atoms with Crippen LogP contribution < -0.4 is 4.90 Å². The van der Waals surface area contributed by atoms with Gasteiger partial charge < -0.3 is 4.90 Å². The summed E-state index contributed by atoms with van der Waals surface area (Å²) in [5.41, 5.74) is 5.14. The maximum absolute atomic E-state index is 6.26. The summed E-state index contributed by atoms with van der Waals surface area (Å²) in [6.45, 7) is 4.68. The van der Waals surface area contributed by atoms with Crippen LogP contribution in [0.25, 0.3) is 22.3 Å². The Kier molecular flexibility index (Phi) is 4.51. The van der Waals surface area contributed by atoms with Crippen LogP contribution in [0, 0.1) is 5.41 Å². The zero-order valence-corrected chi connectivity index (χ0v) is 18.2. The summed E-state index contributed by atoms with van der Waals surface area (Å²) >= 11 is 6.26. The van der Waals surface area contributed by atoms with Crippen LogP contribution in [0.1, 0.15) is 38.7 Å². The van der Waals surface area contributed by atoms with Gasteiger partial charge in [-0.05, 0) is 71.7 Å². The van der Waals surface area contributed by atoms with Crippen molar-refractivity contribution in [3.63, 3.8) is 0 Å². The topological polar surface area (TPSA) is 46.3 Å². The Morgan fingerprint density at radius 1 is 1.07 bits per heavy atom. The Morgan fingerprint density at radius 2 is 1.90 bits per heavy atom. The Balaban J connectivity index is 1.59. The van der Waals surface area contributed by atoms with Gasteiger partial charge in [0.15, 0.2) is 0 Å². The molecule has 4 aromatic rings. The van der Waals surface area contributed by atoms with Crippen molar-refractivity contribution in [3.8, 4) is 0 Å².